The van der Waals surface area contributed by atoms with Crippen LogP contribution in [0.15, 0.2) is 29.2 Å². The Hall–Kier alpha value is -1.00. The Balaban J connectivity index is 0.00000243. The van der Waals surface area contributed by atoms with Gasteiger partial charge in [0.25, 0.3) is 5.92 Å². The van der Waals surface area contributed by atoms with Gasteiger partial charge in [-0.15, -0.1) is 12.4 Å². The van der Waals surface area contributed by atoms with Crippen LogP contribution < -0.4 is 5.32 Å². The number of carbonyl (C=O) groups excluding carboxylic acids is 1. The molecule has 2 aliphatic heterocycles. The molecule has 11 heteroatoms. The molecule has 0 saturated carbocycles. The minimum atomic E-state index is -3.70. The molecule has 1 aromatic rings. The van der Waals surface area contributed by atoms with Gasteiger partial charge in [-0.2, -0.15) is 4.31 Å². The molecular weight excluding hydrogens is 411 g/mol. The molecule has 6 nitrogen and oxygen atoms in total. The third kappa shape index (κ3) is 4.45. The molecule has 2 aliphatic rings. The molecule has 0 aromatic heterocycles. The third-order valence-corrected chi connectivity index (χ3v) is 6.52. The van der Waals surface area contributed by atoms with E-state index in [-0.39, 0.29) is 43.5 Å². The van der Waals surface area contributed by atoms with E-state index in [1.165, 1.54) is 21.3 Å². The van der Waals surface area contributed by atoms with Crippen LogP contribution in [0.25, 0.3) is 0 Å². The predicted octanol–water partition coefficient (Wildman–Crippen LogP) is 1.59. The van der Waals surface area contributed by atoms with E-state index < -0.39 is 40.9 Å². The first kappa shape index (κ1) is 21.3. The van der Waals surface area contributed by atoms with Crippen molar-refractivity contribution in [1.29, 1.82) is 0 Å². The first-order chi connectivity index (χ1) is 11.7. The van der Waals surface area contributed by atoms with Crippen molar-refractivity contribution < 1.29 is 22.0 Å². The Morgan fingerprint density at radius 3 is 2.42 bits per heavy atom. The van der Waals surface area contributed by atoms with Crippen molar-refractivity contribution in [2.45, 2.75) is 23.3 Å². The number of piperazine rings is 1. The molecule has 2 fully saturated rings. The zero-order chi connectivity index (χ0) is 18.2. The summed E-state index contributed by atoms with van der Waals surface area (Å²) in [5.74, 6) is -3.28. The van der Waals surface area contributed by atoms with Gasteiger partial charge in [-0.25, -0.2) is 17.2 Å². The number of nitrogens with one attached hydrogen (secondary N) is 1. The highest BCUT2D eigenvalue weighted by Crippen LogP contribution is 2.27. The molecular formula is C15H19Cl2F2N3O3S. The normalized spacial score (nSPS) is 23.5. The molecule has 2 saturated heterocycles. The molecule has 1 unspecified atom stereocenters. The number of nitrogens with zero attached hydrogens (tertiary/aromatic N) is 2. The van der Waals surface area contributed by atoms with Crippen molar-refractivity contribution in [1.82, 2.24) is 14.5 Å². The Morgan fingerprint density at radius 1 is 1.23 bits per heavy atom. The van der Waals surface area contributed by atoms with Crippen LogP contribution in [0.5, 0.6) is 0 Å². The van der Waals surface area contributed by atoms with E-state index in [0.717, 1.165) is 0 Å². The van der Waals surface area contributed by atoms with Crippen molar-refractivity contribution in [2.24, 2.45) is 0 Å². The lowest BCUT2D eigenvalue weighted by Gasteiger charge is -2.35. The van der Waals surface area contributed by atoms with Crippen LogP contribution in [0.1, 0.15) is 6.42 Å². The number of hydrogen-bond acceptors (Lipinski definition) is 4. The highest BCUT2D eigenvalue weighted by Gasteiger charge is 2.44. The predicted molar refractivity (Wildman–Crippen MR) is 95.4 cm³/mol. The van der Waals surface area contributed by atoms with Crippen LogP contribution in [-0.4, -0.2) is 68.2 Å². The van der Waals surface area contributed by atoms with E-state index in [1.807, 2.05) is 0 Å². The van der Waals surface area contributed by atoms with Crippen LogP contribution in [0, 0.1) is 0 Å². The summed E-state index contributed by atoms with van der Waals surface area (Å²) in [6, 6.07) is 5.07. The maximum Gasteiger partial charge on any atom is 0.262 e. The number of halogens is 4. The van der Waals surface area contributed by atoms with Gasteiger partial charge in [-0.1, -0.05) is 17.7 Å². The summed E-state index contributed by atoms with van der Waals surface area (Å²) in [4.78, 5) is 13.8. The van der Waals surface area contributed by atoms with Crippen molar-refractivity contribution in [3.63, 3.8) is 0 Å². The largest absolute Gasteiger partial charge is 0.339 e. The van der Waals surface area contributed by atoms with Crippen molar-refractivity contribution in [3.05, 3.63) is 29.3 Å². The fourth-order valence-corrected chi connectivity index (χ4v) is 4.76. The first-order valence-electron chi connectivity index (χ1n) is 7.85. The fourth-order valence-electron chi connectivity index (χ4n) is 3.04. The number of sulfonamides is 1. The van der Waals surface area contributed by atoms with E-state index in [1.54, 1.807) is 12.1 Å². The van der Waals surface area contributed by atoms with E-state index in [2.05, 4.69) is 5.32 Å². The second kappa shape index (κ2) is 7.93. The van der Waals surface area contributed by atoms with Gasteiger partial charge in [0.2, 0.25) is 15.9 Å². The number of amides is 1. The number of benzene rings is 1. The van der Waals surface area contributed by atoms with Crippen molar-refractivity contribution in [3.8, 4) is 0 Å². The minimum absolute atomic E-state index is 0. The van der Waals surface area contributed by atoms with Gasteiger partial charge in [0.05, 0.1) is 17.5 Å². The van der Waals surface area contributed by atoms with Crippen LogP contribution in [0.2, 0.25) is 5.02 Å². The number of rotatable bonds is 3. The number of alkyl halides is 2. The zero-order valence-electron chi connectivity index (χ0n) is 13.7. The van der Waals surface area contributed by atoms with E-state index in [0.29, 0.717) is 5.02 Å². The fraction of sp³-hybridized carbons (Fsp3) is 0.533. The van der Waals surface area contributed by atoms with Gasteiger partial charge in [0.15, 0.2) is 0 Å². The lowest BCUT2D eigenvalue weighted by molar-refractivity contribution is -0.134. The molecule has 1 N–H and O–H groups in total. The quantitative estimate of drug-likeness (QED) is 0.791. The molecule has 26 heavy (non-hydrogen) atoms. The molecule has 0 radical (unpaired) electrons. The van der Waals surface area contributed by atoms with Gasteiger partial charge in [-0.05, 0) is 18.2 Å². The smallest absolute Gasteiger partial charge is 0.262 e. The molecule has 0 spiro atoms. The lowest BCUT2D eigenvalue weighted by Crippen LogP contribution is -2.54. The maximum absolute atomic E-state index is 13.2. The Kier molecular flexibility index (Phi) is 6.50. The summed E-state index contributed by atoms with van der Waals surface area (Å²) >= 11 is 5.85. The molecule has 1 aromatic carbocycles. The molecule has 146 valence electrons. The van der Waals surface area contributed by atoms with E-state index >= 15 is 0 Å². The second-order valence-electron chi connectivity index (χ2n) is 6.18. The lowest BCUT2D eigenvalue weighted by atomic mass is 10.1. The zero-order valence-corrected chi connectivity index (χ0v) is 16.1. The highest BCUT2D eigenvalue weighted by molar-refractivity contribution is 7.89. The third-order valence-electron chi connectivity index (χ3n) is 4.39. The molecule has 2 heterocycles. The minimum Gasteiger partial charge on any atom is -0.339 e. The van der Waals surface area contributed by atoms with Crippen LogP contribution in [-0.2, 0) is 14.8 Å². The monoisotopic (exact) mass is 429 g/mol. The van der Waals surface area contributed by atoms with Gasteiger partial charge < -0.3 is 4.90 Å². The topological polar surface area (TPSA) is 69.7 Å². The summed E-state index contributed by atoms with van der Waals surface area (Å²) in [5.41, 5.74) is 0. The Labute approximate surface area is 161 Å². The van der Waals surface area contributed by atoms with Crippen LogP contribution in [0.4, 0.5) is 8.78 Å². The summed E-state index contributed by atoms with van der Waals surface area (Å²) in [7, 11) is -3.70. The maximum atomic E-state index is 13.2. The SMILES string of the molecule is Cl.O=C(C1CC(F)(F)CN1)N1CCN(S(=O)(=O)c2cccc(Cl)c2)CC1. The van der Waals surface area contributed by atoms with Gasteiger partial charge in [-0.3, -0.25) is 10.1 Å². The van der Waals surface area contributed by atoms with Crippen LogP contribution in [0.3, 0.4) is 0 Å². The standard InChI is InChI=1S/C15H18ClF2N3O3S.ClH/c16-11-2-1-3-12(8-11)25(23,24)21-6-4-20(5-7-21)14(22)13-9-15(17,18)10-19-13;/h1-3,8,13,19H,4-7,9-10H2;1H. The summed E-state index contributed by atoms with van der Waals surface area (Å²) in [6.07, 6.45) is -0.521. The summed E-state index contributed by atoms with van der Waals surface area (Å²) in [5, 5.41) is 2.85. The Morgan fingerprint density at radius 2 is 1.88 bits per heavy atom. The molecule has 1 atom stereocenters. The highest BCUT2D eigenvalue weighted by atomic mass is 35.5. The summed E-state index contributed by atoms with van der Waals surface area (Å²) < 4.78 is 53.0. The molecule has 3 rings (SSSR count). The van der Waals surface area contributed by atoms with Crippen LogP contribution >= 0.6 is 24.0 Å². The molecule has 0 bridgehead atoms. The number of carbonyl (C=O) groups is 1. The second-order valence-corrected chi connectivity index (χ2v) is 8.55. The summed E-state index contributed by atoms with van der Waals surface area (Å²) in [6.45, 7) is 0.0602. The molecule has 0 aliphatic carbocycles. The van der Waals surface area contributed by atoms with Gasteiger partial charge in [0, 0.05) is 37.6 Å². The average molecular weight is 430 g/mol. The van der Waals surface area contributed by atoms with E-state index in [9.17, 15) is 22.0 Å². The average Bonchev–Trinajstić information content (AvgIpc) is 2.94. The number of hydrogen-bond donors (Lipinski definition) is 1. The van der Waals surface area contributed by atoms with Crippen molar-refractivity contribution >= 4 is 39.9 Å². The van der Waals surface area contributed by atoms with Gasteiger partial charge >= 0.3 is 0 Å². The van der Waals surface area contributed by atoms with Crippen molar-refractivity contribution in [2.75, 3.05) is 32.7 Å². The van der Waals surface area contributed by atoms with E-state index in [4.69, 9.17) is 11.6 Å². The molecule has 1 amide bonds. The van der Waals surface area contributed by atoms with Gasteiger partial charge in [0.1, 0.15) is 0 Å². The Bertz CT molecular complexity index is 771. The first-order valence-corrected chi connectivity index (χ1v) is 9.67.